The molecule has 3 heteroatoms. The van der Waals surface area contributed by atoms with Gasteiger partial charge in [0.15, 0.2) is 0 Å². The van der Waals surface area contributed by atoms with Crippen molar-refractivity contribution in [2.24, 2.45) is 11.8 Å². The van der Waals surface area contributed by atoms with Gasteiger partial charge in [0.2, 0.25) is 0 Å². The van der Waals surface area contributed by atoms with E-state index in [9.17, 15) is 5.11 Å². The van der Waals surface area contributed by atoms with Crippen molar-refractivity contribution in [1.29, 1.82) is 0 Å². The van der Waals surface area contributed by atoms with Crippen molar-refractivity contribution < 1.29 is 9.84 Å². The Bertz CT molecular complexity index is 194. The van der Waals surface area contributed by atoms with Crippen LogP contribution in [0.25, 0.3) is 0 Å². The Balaban J connectivity index is 2.41. The molecule has 3 atom stereocenters. The molecule has 0 aliphatic carbocycles. The van der Waals surface area contributed by atoms with Crippen LogP contribution < -0.4 is 5.32 Å². The highest BCUT2D eigenvalue weighted by molar-refractivity contribution is 4.82. The van der Waals surface area contributed by atoms with E-state index in [1.54, 1.807) is 0 Å². The molecule has 1 fully saturated rings. The zero-order valence-corrected chi connectivity index (χ0v) is 11.1. The lowest BCUT2D eigenvalue weighted by Gasteiger charge is -2.35. The molecule has 1 aliphatic rings. The largest absolute Gasteiger partial charge is 0.395 e. The summed E-state index contributed by atoms with van der Waals surface area (Å²) < 4.78 is 5.74. The molecule has 0 bridgehead atoms. The van der Waals surface area contributed by atoms with Crippen molar-refractivity contribution in [3.63, 3.8) is 0 Å². The summed E-state index contributed by atoms with van der Waals surface area (Å²) in [5.74, 6) is 1.06. The van der Waals surface area contributed by atoms with Crippen LogP contribution in [0.4, 0.5) is 0 Å². The Hall–Kier alpha value is -0.120. The van der Waals surface area contributed by atoms with Crippen molar-refractivity contribution >= 4 is 0 Å². The van der Waals surface area contributed by atoms with Crippen LogP contribution in [0, 0.1) is 11.8 Å². The van der Waals surface area contributed by atoms with Crippen LogP contribution in [0.3, 0.4) is 0 Å². The van der Waals surface area contributed by atoms with Gasteiger partial charge in [-0.05, 0) is 24.7 Å². The van der Waals surface area contributed by atoms with E-state index < -0.39 is 0 Å². The third-order valence-electron chi connectivity index (χ3n) is 3.51. The molecule has 1 aliphatic heterocycles. The van der Waals surface area contributed by atoms with Crippen molar-refractivity contribution in [2.45, 2.75) is 58.7 Å². The molecule has 0 radical (unpaired) electrons. The van der Waals surface area contributed by atoms with Crippen LogP contribution >= 0.6 is 0 Å². The van der Waals surface area contributed by atoms with Crippen LogP contribution in [-0.4, -0.2) is 36.5 Å². The maximum absolute atomic E-state index is 9.31. The molecule has 0 aromatic carbocycles. The molecule has 2 N–H and O–H groups in total. The van der Waals surface area contributed by atoms with Gasteiger partial charge in [-0.2, -0.15) is 0 Å². The first-order valence-corrected chi connectivity index (χ1v) is 6.53. The van der Waals surface area contributed by atoms with E-state index in [2.05, 4.69) is 33.0 Å². The summed E-state index contributed by atoms with van der Waals surface area (Å²) in [4.78, 5) is 0. The summed E-state index contributed by atoms with van der Waals surface area (Å²) in [6.07, 6.45) is 2.51. The second kappa shape index (κ2) is 6.58. The lowest BCUT2D eigenvalue weighted by molar-refractivity contribution is -0.0279. The summed E-state index contributed by atoms with van der Waals surface area (Å²) in [7, 11) is 0. The minimum atomic E-state index is 0.218. The van der Waals surface area contributed by atoms with E-state index in [4.69, 9.17) is 4.74 Å². The molecule has 0 aromatic heterocycles. The van der Waals surface area contributed by atoms with Gasteiger partial charge in [-0.15, -0.1) is 0 Å². The van der Waals surface area contributed by atoms with Gasteiger partial charge < -0.3 is 15.2 Å². The fourth-order valence-electron chi connectivity index (χ4n) is 2.20. The average molecular weight is 229 g/mol. The first kappa shape index (κ1) is 13.9. The molecular formula is C13H27NO2. The number of hydrogen-bond acceptors (Lipinski definition) is 3. The zero-order valence-electron chi connectivity index (χ0n) is 11.1. The quantitative estimate of drug-likeness (QED) is 0.755. The number of rotatable bonds is 5. The fourth-order valence-corrected chi connectivity index (χ4v) is 2.20. The predicted molar refractivity (Wildman–Crippen MR) is 66.4 cm³/mol. The van der Waals surface area contributed by atoms with E-state index in [1.807, 2.05) is 0 Å². The van der Waals surface area contributed by atoms with E-state index in [1.165, 1.54) is 0 Å². The molecule has 0 spiro atoms. The molecule has 3 nitrogen and oxygen atoms in total. The van der Waals surface area contributed by atoms with Crippen LogP contribution in [-0.2, 0) is 4.74 Å². The molecule has 1 rings (SSSR count). The van der Waals surface area contributed by atoms with Crippen LogP contribution in [0.15, 0.2) is 0 Å². The topological polar surface area (TPSA) is 41.5 Å². The number of nitrogens with one attached hydrogen (secondary N) is 1. The highest BCUT2D eigenvalue weighted by atomic mass is 16.5. The summed E-state index contributed by atoms with van der Waals surface area (Å²) in [5.41, 5.74) is 0. The minimum Gasteiger partial charge on any atom is -0.395 e. The van der Waals surface area contributed by atoms with Gasteiger partial charge in [0.1, 0.15) is 0 Å². The minimum absolute atomic E-state index is 0.218. The Morgan fingerprint density at radius 3 is 2.50 bits per heavy atom. The summed E-state index contributed by atoms with van der Waals surface area (Å²) in [6, 6.07) is 0.719. The molecule has 0 saturated carbocycles. The molecule has 2 unspecified atom stereocenters. The molecule has 1 saturated heterocycles. The lowest BCUT2D eigenvalue weighted by atomic mass is 9.94. The van der Waals surface area contributed by atoms with Gasteiger partial charge in [-0.3, -0.25) is 0 Å². The second-order valence-corrected chi connectivity index (χ2v) is 5.57. The predicted octanol–water partition coefficient (Wildman–Crippen LogP) is 1.80. The Kier molecular flexibility index (Phi) is 5.73. The molecule has 0 amide bonds. The standard InChI is InChI=1S/C13H27NO2/c1-9(2)12(8-15)14-11-5-6-16-13(7-11)10(3)4/h9-15H,5-8H2,1-4H3/t11?,12-,13?/m1/s1. The van der Waals surface area contributed by atoms with Gasteiger partial charge in [0.25, 0.3) is 0 Å². The number of hydrogen-bond donors (Lipinski definition) is 2. The van der Waals surface area contributed by atoms with Gasteiger partial charge in [0, 0.05) is 18.7 Å². The Morgan fingerprint density at radius 1 is 1.31 bits per heavy atom. The molecule has 0 aromatic rings. The van der Waals surface area contributed by atoms with Crippen molar-refractivity contribution in [2.75, 3.05) is 13.2 Å². The van der Waals surface area contributed by atoms with E-state index in [0.717, 1.165) is 19.4 Å². The summed E-state index contributed by atoms with van der Waals surface area (Å²) in [6.45, 7) is 9.77. The smallest absolute Gasteiger partial charge is 0.0612 e. The SMILES string of the molecule is CC(C)C1CC(N[C@H](CO)C(C)C)CCO1. The van der Waals surface area contributed by atoms with Gasteiger partial charge >= 0.3 is 0 Å². The molecule has 1 heterocycles. The average Bonchev–Trinajstić information content (AvgIpc) is 2.25. The van der Waals surface area contributed by atoms with Crippen molar-refractivity contribution in [1.82, 2.24) is 5.32 Å². The lowest BCUT2D eigenvalue weighted by Crippen LogP contribution is -2.48. The molecular weight excluding hydrogens is 202 g/mol. The Labute approximate surface area is 99.6 Å². The maximum Gasteiger partial charge on any atom is 0.0612 e. The second-order valence-electron chi connectivity index (χ2n) is 5.57. The van der Waals surface area contributed by atoms with Crippen molar-refractivity contribution in [3.05, 3.63) is 0 Å². The van der Waals surface area contributed by atoms with Crippen LogP contribution in [0.1, 0.15) is 40.5 Å². The van der Waals surface area contributed by atoms with Crippen LogP contribution in [0.5, 0.6) is 0 Å². The number of aliphatic hydroxyl groups excluding tert-OH is 1. The van der Waals surface area contributed by atoms with Gasteiger partial charge in [-0.1, -0.05) is 27.7 Å². The fraction of sp³-hybridized carbons (Fsp3) is 1.00. The highest BCUT2D eigenvalue weighted by Crippen LogP contribution is 2.21. The number of ether oxygens (including phenoxy) is 1. The molecule has 16 heavy (non-hydrogen) atoms. The first-order chi connectivity index (χ1) is 7.54. The van der Waals surface area contributed by atoms with Crippen LogP contribution in [0.2, 0.25) is 0 Å². The summed E-state index contributed by atoms with van der Waals surface area (Å²) in [5, 5.41) is 12.9. The highest BCUT2D eigenvalue weighted by Gasteiger charge is 2.26. The monoisotopic (exact) mass is 229 g/mol. The maximum atomic E-state index is 9.31. The van der Waals surface area contributed by atoms with E-state index in [0.29, 0.717) is 24.0 Å². The Morgan fingerprint density at radius 2 is 2.00 bits per heavy atom. The van der Waals surface area contributed by atoms with Gasteiger partial charge in [-0.25, -0.2) is 0 Å². The zero-order chi connectivity index (χ0) is 12.1. The van der Waals surface area contributed by atoms with Crippen molar-refractivity contribution in [3.8, 4) is 0 Å². The van der Waals surface area contributed by atoms with Gasteiger partial charge in [0.05, 0.1) is 12.7 Å². The first-order valence-electron chi connectivity index (χ1n) is 6.53. The normalized spacial score (nSPS) is 28.7. The molecule has 96 valence electrons. The number of aliphatic hydroxyl groups is 1. The third kappa shape index (κ3) is 4.04. The van der Waals surface area contributed by atoms with E-state index in [-0.39, 0.29) is 12.6 Å². The summed E-state index contributed by atoms with van der Waals surface area (Å²) >= 11 is 0. The van der Waals surface area contributed by atoms with E-state index >= 15 is 0 Å². The third-order valence-corrected chi connectivity index (χ3v) is 3.51.